The Kier molecular flexibility index (Phi) is 3.37. The fourth-order valence-corrected chi connectivity index (χ4v) is 3.02. The molecule has 0 N–H and O–H groups in total. The number of benzene rings is 2. The number of hydrogen-bond donors (Lipinski definition) is 0. The summed E-state index contributed by atoms with van der Waals surface area (Å²) in [6, 6.07) is 17.2. The van der Waals surface area contributed by atoms with Crippen LogP contribution in [0.2, 0.25) is 0 Å². The van der Waals surface area contributed by atoms with Gasteiger partial charge in [0.05, 0.1) is 9.80 Å². The third-order valence-corrected chi connectivity index (χ3v) is 4.11. The van der Waals surface area contributed by atoms with E-state index in [0.29, 0.717) is 5.69 Å². The monoisotopic (exact) mass is 298 g/mol. The van der Waals surface area contributed by atoms with E-state index in [1.54, 1.807) is 18.2 Å². The lowest BCUT2D eigenvalue weighted by Crippen LogP contribution is -2.11. The fraction of sp³-hybridized carbons (Fsp3) is 0. The van der Waals surface area contributed by atoms with Crippen molar-refractivity contribution in [1.82, 2.24) is 3.96 Å². The second-order valence-corrected chi connectivity index (χ2v) is 5.33. The summed E-state index contributed by atoms with van der Waals surface area (Å²) in [6.07, 6.45) is 0. The van der Waals surface area contributed by atoms with Gasteiger partial charge in [-0.15, -0.1) is 0 Å². The summed E-state index contributed by atoms with van der Waals surface area (Å²) < 4.78 is 1.35. The van der Waals surface area contributed by atoms with Crippen molar-refractivity contribution < 1.29 is 4.92 Å². The molecule has 3 aromatic rings. The van der Waals surface area contributed by atoms with Crippen LogP contribution in [0.5, 0.6) is 0 Å². The number of nitrogens with zero attached hydrogens (tertiary/aromatic N) is 2. The Labute approximate surface area is 124 Å². The maximum Gasteiger partial charge on any atom is 0.294 e. The van der Waals surface area contributed by atoms with Gasteiger partial charge in [-0.3, -0.25) is 14.9 Å². The molecular formula is C15H10N2O3S. The first-order valence-electron chi connectivity index (χ1n) is 6.19. The van der Waals surface area contributed by atoms with Crippen molar-refractivity contribution in [3.05, 3.63) is 81.1 Å². The van der Waals surface area contributed by atoms with E-state index in [1.165, 1.54) is 27.6 Å². The number of para-hydroxylation sites is 2. The molecule has 1 aromatic heterocycles. The van der Waals surface area contributed by atoms with Crippen LogP contribution in [-0.4, -0.2) is 8.88 Å². The summed E-state index contributed by atoms with van der Waals surface area (Å²) in [7, 11) is 0. The molecule has 0 bridgehead atoms. The van der Waals surface area contributed by atoms with Gasteiger partial charge in [0.1, 0.15) is 5.69 Å². The van der Waals surface area contributed by atoms with Gasteiger partial charge in [0.25, 0.3) is 11.2 Å². The SMILES string of the molecule is O=c1cc(-c2ccccc2)sn1-c1ccccc1[N+](=O)[O-]. The van der Waals surface area contributed by atoms with Gasteiger partial charge in [0, 0.05) is 12.1 Å². The zero-order valence-electron chi connectivity index (χ0n) is 10.8. The van der Waals surface area contributed by atoms with Crippen LogP contribution in [-0.2, 0) is 0 Å². The van der Waals surface area contributed by atoms with Crippen molar-refractivity contribution in [3.8, 4) is 16.1 Å². The largest absolute Gasteiger partial charge is 0.294 e. The molecule has 0 atom stereocenters. The average molecular weight is 298 g/mol. The van der Waals surface area contributed by atoms with Crippen molar-refractivity contribution in [2.75, 3.05) is 0 Å². The highest BCUT2D eigenvalue weighted by Gasteiger charge is 2.17. The second-order valence-electron chi connectivity index (χ2n) is 4.34. The molecule has 0 aliphatic carbocycles. The van der Waals surface area contributed by atoms with Gasteiger partial charge in [-0.1, -0.05) is 54.0 Å². The van der Waals surface area contributed by atoms with Gasteiger partial charge in [-0.2, -0.15) is 0 Å². The van der Waals surface area contributed by atoms with E-state index in [2.05, 4.69) is 0 Å². The minimum atomic E-state index is -0.482. The Hall–Kier alpha value is -2.73. The van der Waals surface area contributed by atoms with Crippen molar-refractivity contribution >= 4 is 17.2 Å². The Bertz CT molecular complexity index is 853. The highest BCUT2D eigenvalue weighted by Crippen LogP contribution is 2.28. The maximum absolute atomic E-state index is 12.1. The highest BCUT2D eigenvalue weighted by molar-refractivity contribution is 7.10. The molecule has 104 valence electrons. The Morgan fingerprint density at radius 3 is 2.38 bits per heavy atom. The molecular weight excluding hydrogens is 288 g/mol. The van der Waals surface area contributed by atoms with Gasteiger partial charge in [-0.25, -0.2) is 3.96 Å². The number of rotatable bonds is 3. The number of aromatic nitrogens is 1. The van der Waals surface area contributed by atoms with Crippen LogP contribution in [0, 0.1) is 10.1 Å². The molecule has 0 amide bonds. The molecule has 0 spiro atoms. The van der Waals surface area contributed by atoms with Crippen molar-refractivity contribution in [2.45, 2.75) is 0 Å². The lowest BCUT2D eigenvalue weighted by atomic mass is 10.2. The molecule has 0 unspecified atom stereocenters. The first-order chi connectivity index (χ1) is 10.2. The topological polar surface area (TPSA) is 65.1 Å². The fourth-order valence-electron chi connectivity index (χ4n) is 2.04. The standard InChI is InChI=1S/C15H10N2O3S/c18-15-10-14(11-6-2-1-3-7-11)21-16(15)12-8-4-5-9-13(12)17(19)20/h1-10H. The molecule has 5 nitrogen and oxygen atoms in total. The zero-order chi connectivity index (χ0) is 14.8. The third-order valence-electron chi connectivity index (χ3n) is 3.00. The zero-order valence-corrected chi connectivity index (χ0v) is 11.6. The average Bonchev–Trinajstić information content (AvgIpc) is 2.90. The van der Waals surface area contributed by atoms with Crippen LogP contribution in [0.15, 0.2) is 65.5 Å². The molecule has 0 fully saturated rings. The molecule has 21 heavy (non-hydrogen) atoms. The van der Waals surface area contributed by atoms with E-state index in [9.17, 15) is 14.9 Å². The molecule has 0 aliphatic heterocycles. The molecule has 0 saturated carbocycles. The highest BCUT2D eigenvalue weighted by atomic mass is 32.1. The smallest absolute Gasteiger partial charge is 0.268 e. The van der Waals surface area contributed by atoms with Crippen molar-refractivity contribution in [2.24, 2.45) is 0 Å². The van der Waals surface area contributed by atoms with Gasteiger partial charge < -0.3 is 0 Å². The van der Waals surface area contributed by atoms with E-state index in [0.717, 1.165) is 10.4 Å². The molecule has 1 heterocycles. The Morgan fingerprint density at radius 2 is 1.67 bits per heavy atom. The predicted molar refractivity (Wildman–Crippen MR) is 82.0 cm³/mol. The van der Waals surface area contributed by atoms with Crippen LogP contribution >= 0.6 is 11.5 Å². The summed E-state index contributed by atoms with van der Waals surface area (Å²) in [5.74, 6) is 0. The molecule has 2 aromatic carbocycles. The van der Waals surface area contributed by atoms with Crippen LogP contribution in [0.4, 0.5) is 5.69 Å². The van der Waals surface area contributed by atoms with Crippen LogP contribution < -0.4 is 5.56 Å². The van der Waals surface area contributed by atoms with E-state index >= 15 is 0 Å². The molecule has 0 saturated heterocycles. The first-order valence-corrected chi connectivity index (χ1v) is 6.97. The lowest BCUT2D eigenvalue weighted by Gasteiger charge is -2.01. The first kappa shape index (κ1) is 13.3. The van der Waals surface area contributed by atoms with Gasteiger partial charge in [-0.05, 0) is 11.6 Å². The van der Waals surface area contributed by atoms with Gasteiger partial charge >= 0.3 is 0 Å². The van der Waals surface area contributed by atoms with Crippen LogP contribution in [0.3, 0.4) is 0 Å². The number of hydrogen-bond acceptors (Lipinski definition) is 4. The normalized spacial score (nSPS) is 10.5. The minimum absolute atomic E-state index is 0.0824. The van der Waals surface area contributed by atoms with Crippen LogP contribution in [0.1, 0.15) is 0 Å². The van der Waals surface area contributed by atoms with E-state index < -0.39 is 4.92 Å². The Morgan fingerprint density at radius 1 is 1.00 bits per heavy atom. The van der Waals surface area contributed by atoms with E-state index in [4.69, 9.17) is 0 Å². The molecule has 0 aliphatic rings. The third kappa shape index (κ3) is 2.48. The quantitative estimate of drug-likeness (QED) is 0.549. The van der Waals surface area contributed by atoms with Gasteiger partial charge in [0.2, 0.25) is 0 Å². The Balaban J connectivity index is 2.16. The predicted octanol–water partition coefficient (Wildman–Crippen LogP) is 3.47. The van der Waals surface area contributed by atoms with Gasteiger partial charge in [0.15, 0.2) is 0 Å². The number of nitro groups is 1. The van der Waals surface area contributed by atoms with Crippen molar-refractivity contribution in [1.29, 1.82) is 0 Å². The van der Waals surface area contributed by atoms with Crippen molar-refractivity contribution in [3.63, 3.8) is 0 Å². The summed E-state index contributed by atoms with van der Waals surface area (Å²) >= 11 is 1.20. The molecule has 3 rings (SSSR count). The summed E-state index contributed by atoms with van der Waals surface area (Å²) in [5.41, 5.74) is 0.853. The molecule has 0 radical (unpaired) electrons. The summed E-state index contributed by atoms with van der Waals surface area (Å²) in [5, 5.41) is 11.1. The lowest BCUT2D eigenvalue weighted by molar-refractivity contribution is -0.384. The minimum Gasteiger partial charge on any atom is -0.268 e. The second kappa shape index (κ2) is 5.34. The van der Waals surface area contributed by atoms with Crippen LogP contribution in [0.25, 0.3) is 16.1 Å². The van der Waals surface area contributed by atoms with E-state index in [-0.39, 0.29) is 11.2 Å². The molecule has 6 heteroatoms. The number of nitro benzene ring substituents is 1. The summed E-state index contributed by atoms with van der Waals surface area (Å²) in [6.45, 7) is 0. The van der Waals surface area contributed by atoms with E-state index in [1.807, 2.05) is 30.3 Å². The summed E-state index contributed by atoms with van der Waals surface area (Å²) in [4.78, 5) is 23.5. The maximum atomic E-state index is 12.1.